The van der Waals surface area contributed by atoms with E-state index in [1.165, 1.54) is 13.3 Å². The summed E-state index contributed by atoms with van der Waals surface area (Å²) in [6, 6.07) is 12.3. The minimum atomic E-state index is -0.391. The summed E-state index contributed by atoms with van der Waals surface area (Å²) in [5.74, 6) is 0.456. The third kappa shape index (κ3) is 4.25. The van der Waals surface area contributed by atoms with Crippen molar-refractivity contribution < 1.29 is 9.53 Å². The highest BCUT2D eigenvalue weighted by Gasteiger charge is 2.07. The maximum absolute atomic E-state index is 11.5. The van der Waals surface area contributed by atoms with Crippen LogP contribution in [0.15, 0.2) is 48.7 Å². The van der Waals surface area contributed by atoms with E-state index >= 15 is 0 Å². The summed E-state index contributed by atoms with van der Waals surface area (Å²) < 4.78 is 4.67. The van der Waals surface area contributed by atoms with E-state index in [1.54, 1.807) is 24.3 Å². The number of benzene rings is 2. The van der Waals surface area contributed by atoms with E-state index in [-0.39, 0.29) is 0 Å². The van der Waals surface area contributed by atoms with Gasteiger partial charge < -0.3 is 15.4 Å². The highest BCUT2D eigenvalue weighted by Crippen LogP contribution is 2.23. The molecule has 0 aliphatic rings. The molecule has 3 aromatic rings. The predicted molar refractivity (Wildman–Crippen MR) is 100 cm³/mol. The van der Waals surface area contributed by atoms with Crippen LogP contribution in [0, 0.1) is 6.92 Å². The average Bonchev–Trinajstić information content (AvgIpc) is 2.65. The number of nitrogens with one attached hydrogen (secondary N) is 2. The molecule has 0 atom stereocenters. The van der Waals surface area contributed by atoms with Gasteiger partial charge in [-0.1, -0.05) is 17.7 Å². The molecular formula is C18H16ClN5O2. The molecule has 0 radical (unpaired) electrons. The van der Waals surface area contributed by atoms with E-state index in [1.807, 2.05) is 25.1 Å². The van der Waals surface area contributed by atoms with Crippen molar-refractivity contribution >= 4 is 40.7 Å². The lowest BCUT2D eigenvalue weighted by atomic mass is 10.2. The van der Waals surface area contributed by atoms with Gasteiger partial charge >= 0.3 is 5.97 Å². The van der Waals surface area contributed by atoms with E-state index in [0.717, 1.165) is 16.9 Å². The molecule has 2 N–H and O–H groups in total. The molecular weight excluding hydrogens is 354 g/mol. The Bertz CT molecular complexity index is 931. The van der Waals surface area contributed by atoms with Gasteiger partial charge in [0.05, 0.1) is 18.9 Å². The molecule has 7 nitrogen and oxygen atoms in total. The van der Waals surface area contributed by atoms with Crippen LogP contribution >= 0.6 is 11.6 Å². The number of aromatic nitrogens is 3. The predicted octanol–water partition coefficient (Wildman–Crippen LogP) is 4.11. The van der Waals surface area contributed by atoms with Crippen LogP contribution in [-0.2, 0) is 4.74 Å². The first-order valence-corrected chi connectivity index (χ1v) is 8.11. The third-order valence-corrected chi connectivity index (χ3v) is 3.82. The van der Waals surface area contributed by atoms with Gasteiger partial charge in [-0.15, -0.1) is 5.10 Å². The number of anilines is 4. The van der Waals surface area contributed by atoms with Gasteiger partial charge in [0.2, 0.25) is 5.95 Å². The fraction of sp³-hybridized carbons (Fsp3) is 0.111. The lowest BCUT2D eigenvalue weighted by molar-refractivity contribution is 0.0601. The zero-order valence-electron chi connectivity index (χ0n) is 14.2. The van der Waals surface area contributed by atoms with Crippen LogP contribution in [0.5, 0.6) is 0 Å². The number of halogens is 1. The molecule has 8 heteroatoms. The van der Waals surface area contributed by atoms with Gasteiger partial charge in [0.25, 0.3) is 0 Å². The number of esters is 1. The molecule has 0 aliphatic heterocycles. The summed E-state index contributed by atoms with van der Waals surface area (Å²) in [7, 11) is 1.34. The van der Waals surface area contributed by atoms with Gasteiger partial charge in [0, 0.05) is 16.4 Å². The van der Waals surface area contributed by atoms with Crippen molar-refractivity contribution in [2.45, 2.75) is 6.92 Å². The van der Waals surface area contributed by atoms with E-state index in [9.17, 15) is 4.79 Å². The molecule has 0 saturated carbocycles. The average molecular weight is 370 g/mol. The van der Waals surface area contributed by atoms with Crippen LogP contribution in [0.2, 0.25) is 5.02 Å². The maximum atomic E-state index is 11.5. The molecule has 0 saturated heterocycles. The first-order valence-electron chi connectivity index (χ1n) is 7.73. The molecule has 0 bridgehead atoms. The molecule has 2 aromatic carbocycles. The summed E-state index contributed by atoms with van der Waals surface area (Å²) in [4.78, 5) is 15.8. The monoisotopic (exact) mass is 369 g/mol. The Morgan fingerprint density at radius 1 is 1.12 bits per heavy atom. The lowest BCUT2D eigenvalue weighted by Crippen LogP contribution is -2.04. The van der Waals surface area contributed by atoms with Crippen molar-refractivity contribution in [2.24, 2.45) is 0 Å². The Labute approximate surface area is 155 Å². The van der Waals surface area contributed by atoms with Crippen molar-refractivity contribution in [1.82, 2.24) is 15.2 Å². The van der Waals surface area contributed by atoms with Gasteiger partial charge in [-0.2, -0.15) is 10.1 Å². The van der Waals surface area contributed by atoms with Gasteiger partial charge in [0.15, 0.2) is 5.82 Å². The van der Waals surface area contributed by atoms with Gasteiger partial charge in [0.1, 0.15) is 0 Å². The van der Waals surface area contributed by atoms with Crippen molar-refractivity contribution in [3.63, 3.8) is 0 Å². The number of ether oxygens (including phenoxy) is 1. The second-order valence-corrected chi connectivity index (χ2v) is 5.88. The van der Waals surface area contributed by atoms with Crippen LogP contribution in [-0.4, -0.2) is 28.3 Å². The second kappa shape index (κ2) is 7.79. The Morgan fingerprint density at radius 2 is 1.88 bits per heavy atom. The second-order valence-electron chi connectivity index (χ2n) is 5.44. The SMILES string of the molecule is COC(=O)c1ccc(Nc2nncc(Nc3cc(Cl)ccc3C)n2)cc1. The van der Waals surface area contributed by atoms with Gasteiger partial charge in [-0.25, -0.2) is 4.79 Å². The molecule has 0 unspecified atom stereocenters. The van der Waals surface area contributed by atoms with Crippen LogP contribution in [0.4, 0.5) is 23.1 Å². The van der Waals surface area contributed by atoms with Crippen LogP contribution < -0.4 is 10.6 Å². The van der Waals surface area contributed by atoms with Crippen molar-refractivity contribution in [3.8, 4) is 0 Å². The Morgan fingerprint density at radius 3 is 2.62 bits per heavy atom. The van der Waals surface area contributed by atoms with Gasteiger partial charge in [-0.3, -0.25) is 0 Å². The highest BCUT2D eigenvalue weighted by molar-refractivity contribution is 6.30. The Hall–Kier alpha value is -3.19. The summed E-state index contributed by atoms with van der Waals surface area (Å²) in [6.07, 6.45) is 1.52. The first-order chi connectivity index (χ1) is 12.5. The number of carbonyl (C=O) groups excluding carboxylic acids is 1. The molecule has 0 spiro atoms. The van der Waals surface area contributed by atoms with E-state index in [4.69, 9.17) is 11.6 Å². The number of hydrogen-bond donors (Lipinski definition) is 2. The molecule has 3 rings (SSSR count). The molecule has 1 aromatic heterocycles. The molecule has 0 aliphatic carbocycles. The fourth-order valence-electron chi connectivity index (χ4n) is 2.22. The first kappa shape index (κ1) is 17.6. The van der Waals surface area contributed by atoms with Crippen LogP contribution in [0.25, 0.3) is 0 Å². The Balaban J connectivity index is 1.75. The van der Waals surface area contributed by atoms with Crippen LogP contribution in [0.1, 0.15) is 15.9 Å². The molecule has 26 heavy (non-hydrogen) atoms. The summed E-state index contributed by atoms with van der Waals surface area (Å²) >= 11 is 6.03. The minimum absolute atomic E-state index is 0.320. The van der Waals surface area contributed by atoms with Crippen molar-refractivity contribution in [2.75, 3.05) is 17.7 Å². The standard InChI is InChI=1S/C18H16ClN5O2/c1-11-3-6-13(19)9-15(11)22-16-10-20-24-18(23-16)21-14-7-4-12(5-8-14)17(25)26-2/h3-10H,1-2H3,(H2,21,22,23,24). The van der Waals surface area contributed by atoms with Crippen molar-refractivity contribution in [3.05, 3.63) is 64.8 Å². The number of nitrogens with zero attached hydrogens (tertiary/aromatic N) is 3. The smallest absolute Gasteiger partial charge is 0.337 e. The minimum Gasteiger partial charge on any atom is -0.465 e. The molecule has 132 valence electrons. The number of methoxy groups -OCH3 is 1. The summed E-state index contributed by atoms with van der Waals surface area (Å²) in [5.41, 5.74) is 3.05. The Kier molecular flexibility index (Phi) is 5.28. The lowest BCUT2D eigenvalue weighted by Gasteiger charge is -2.10. The topological polar surface area (TPSA) is 89.0 Å². The summed E-state index contributed by atoms with van der Waals surface area (Å²) in [5, 5.41) is 14.7. The number of carbonyl (C=O) groups is 1. The quantitative estimate of drug-likeness (QED) is 0.654. The van der Waals surface area contributed by atoms with Crippen LogP contribution in [0.3, 0.4) is 0 Å². The molecule has 0 amide bonds. The molecule has 0 fully saturated rings. The van der Waals surface area contributed by atoms with E-state index in [0.29, 0.717) is 22.4 Å². The fourth-order valence-corrected chi connectivity index (χ4v) is 2.39. The normalized spacial score (nSPS) is 10.3. The van der Waals surface area contributed by atoms with Crippen molar-refractivity contribution in [1.29, 1.82) is 0 Å². The number of rotatable bonds is 5. The maximum Gasteiger partial charge on any atom is 0.337 e. The van der Waals surface area contributed by atoms with E-state index < -0.39 is 5.97 Å². The summed E-state index contributed by atoms with van der Waals surface area (Å²) in [6.45, 7) is 1.97. The number of aryl methyl sites for hydroxylation is 1. The molecule has 1 heterocycles. The number of hydrogen-bond acceptors (Lipinski definition) is 7. The third-order valence-electron chi connectivity index (χ3n) is 3.58. The highest BCUT2D eigenvalue weighted by atomic mass is 35.5. The zero-order chi connectivity index (χ0) is 18.5. The largest absolute Gasteiger partial charge is 0.465 e. The zero-order valence-corrected chi connectivity index (χ0v) is 14.9. The van der Waals surface area contributed by atoms with E-state index in [2.05, 4.69) is 30.6 Å². The van der Waals surface area contributed by atoms with Gasteiger partial charge in [-0.05, 0) is 48.9 Å².